The van der Waals surface area contributed by atoms with Crippen LogP contribution in [0.5, 0.6) is 0 Å². The Labute approximate surface area is 100 Å². The van der Waals surface area contributed by atoms with E-state index >= 15 is 0 Å². The van der Waals surface area contributed by atoms with Crippen LogP contribution in [0.15, 0.2) is 17.6 Å². The number of imidazole rings is 1. The van der Waals surface area contributed by atoms with Crippen LogP contribution >= 0.6 is 0 Å². The van der Waals surface area contributed by atoms with Crippen LogP contribution in [0.2, 0.25) is 0 Å². The molecule has 1 aromatic rings. The van der Waals surface area contributed by atoms with Gasteiger partial charge < -0.3 is 9.88 Å². The summed E-state index contributed by atoms with van der Waals surface area (Å²) in [6, 6.07) is 0. The zero-order valence-electron chi connectivity index (χ0n) is 9.80. The summed E-state index contributed by atoms with van der Waals surface area (Å²) in [6.07, 6.45) is 2.45. The first-order valence-corrected chi connectivity index (χ1v) is 6.75. The monoisotopic (exact) mass is 260 g/mol. The van der Waals surface area contributed by atoms with E-state index in [1.54, 1.807) is 4.90 Å². The molecule has 8 heteroatoms. The average molecular weight is 260 g/mol. The Morgan fingerprint density at radius 1 is 1.47 bits per heavy atom. The number of aromatic nitrogens is 2. The number of carbonyl (C=O) groups is 1. The lowest BCUT2D eigenvalue weighted by molar-refractivity contribution is -0.129. The Bertz CT molecular complexity index is 451. The maximum Gasteiger partial charge on any atom is 0.258 e. The molecule has 96 valence electrons. The van der Waals surface area contributed by atoms with Gasteiger partial charge in [-0.25, -0.2) is 18.1 Å². The molecule has 0 radical (unpaired) electrons. The van der Waals surface area contributed by atoms with E-state index in [0.717, 1.165) is 0 Å². The molecule has 2 N–H and O–H groups in total. The third kappa shape index (κ3) is 3.53. The summed E-state index contributed by atoms with van der Waals surface area (Å²) in [5.74, 6) is -0.252. The maximum absolute atomic E-state index is 11.6. The number of nitrogens with zero attached hydrogens (tertiary/aromatic N) is 2. The minimum Gasteiger partial charge on any atom is -0.342 e. The lowest BCUT2D eigenvalue weighted by Gasteiger charge is -2.18. The van der Waals surface area contributed by atoms with Crippen LogP contribution in [0.3, 0.4) is 0 Å². The molecule has 1 rings (SSSR count). The first-order chi connectivity index (χ1) is 8.01. The van der Waals surface area contributed by atoms with Crippen molar-refractivity contribution >= 4 is 15.9 Å². The molecule has 0 saturated heterocycles. The third-order valence-corrected chi connectivity index (χ3v) is 3.62. The minimum atomic E-state index is -3.68. The van der Waals surface area contributed by atoms with Gasteiger partial charge in [-0.1, -0.05) is 0 Å². The number of likely N-dealkylation sites (N-methyl/N-ethyl adjacent to an activating group) is 1. The highest BCUT2D eigenvalue weighted by Gasteiger charge is 2.18. The van der Waals surface area contributed by atoms with Gasteiger partial charge in [0, 0.05) is 13.1 Å². The van der Waals surface area contributed by atoms with Crippen molar-refractivity contribution in [1.29, 1.82) is 0 Å². The maximum atomic E-state index is 11.6. The topological polar surface area (TPSA) is 95.2 Å². The Morgan fingerprint density at radius 3 is 2.59 bits per heavy atom. The van der Waals surface area contributed by atoms with E-state index in [0.29, 0.717) is 13.1 Å². The number of sulfonamides is 1. The van der Waals surface area contributed by atoms with Gasteiger partial charge in [0.25, 0.3) is 10.0 Å². The number of nitrogens with one attached hydrogen (secondary N) is 2. The van der Waals surface area contributed by atoms with Crippen molar-refractivity contribution in [2.75, 3.05) is 19.6 Å². The van der Waals surface area contributed by atoms with Crippen molar-refractivity contribution in [3.8, 4) is 0 Å². The van der Waals surface area contributed by atoms with Crippen LogP contribution in [0.4, 0.5) is 0 Å². The molecule has 1 aromatic heterocycles. The van der Waals surface area contributed by atoms with E-state index < -0.39 is 10.0 Å². The number of carbonyl (C=O) groups excluding carboxylic acids is 1. The lowest BCUT2D eigenvalue weighted by Crippen LogP contribution is -2.40. The van der Waals surface area contributed by atoms with Gasteiger partial charge in [-0.3, -0.25) is 4.79 Å². The van der Waals surface area contributed by atoms with Crippen LogP contribution in [0.1, 0.15) is 13.8 Å². The molecule has 0 aliphatic rings. The fraction of sp³-hybridized carbons (Fsp3) is 0.556. The smallest absolute Gasteiger partial charge is 0.258 e. The quantitative estimate of drug-likeness (QED) is 0.724. The predicted octanol–water partition coefficient (Wildman–Crippen LogP) is -0.444. The zero-order chi connectivity index (χ0) is 12.9. The first kappa shape index (κ1) is 13.7. The van der Waals surface area contributed by atoms with E-state index in [2.05, 4.69) is 14.7 Å². The summed E-state index contributed by atoms with van der Waals surface area (Å²) in [5, 5.41) is -0.0511. The summed E-state index contributed by atoms with van der Waals surface area (Å²) in [7, 11) is -3.68. The molecule has 0 unspecified atom stereocenters. The molecular formula is C9H16N4O3S. The molecule has 0 fully saturated rings. The minimum absolute atomic E-state index is 0.0511. The van der Waals surface area contributed by atoms with E-state index in [4.69, 9.17) is 0 Å². The van der Waals surface area contributed by atoms with E-state index in [-0.39, 0.29) is 17.5 Å². The molecule has 0 spiro atoms. The van der Waals surface area contributed by atoms with E-state index in [9.17, 15) is 13.2 Å². The van der Waals surface area contributed by atoms with Crippen molar-refractivity contribution in [2.45, 2.75) is 18.9 Å². The van der Waals surface area contributed by atoms with Crippen LogP contribution in [-0.4, -0.2) is 48.8 Å². The van der Waals surface area contributed by atoms with E-state index in [1.807, 2.05) is 13.8 Å². The van der Waals surface area contributed by atoms with Crippen molar-refractivity contribution in [1.82, 2.24) is 19.6 Å². The Hall–Kier alpha value is -1.41. The second kappa shape index (κ2) is 5.78. The average Bonchev–Trinajstić information content (AvgIpc) is 2.82. The second-order valence-electron chi connectivity index (χ2n) is 3.31. The fourth-order valence-corrected chi connectivity index (χ4v) is 2.19. The van der Waals surface area contributed by atoms with Gasteiger partial charge in [0.05, 0.1) is 19.1 Å². The standard InChI is InChI=1S/C9H16N4O3S/c1-3-13(4-2)9(14)6-12-17(15,16)8-5-10-7-11-8/h5,7,12H,3-4,6H2,1-2H3,(H,10,11). The molecule has 0 saturated carbocycles. The third-order valence-electron chi connectivity index (χ3n) is 2.29. The first-order valence-electron chi connectivity index (χ1n) is 5.27. The molecule has 7 nitrogen and oxygen atoms in total. The SMILES string of the molecule is CCN(CC)C(=O)CNS(=O)(=O)c1cnc[nH]1. The van der Waals surface area contributed by atoms with Gasteiger partial charge in [-0.15, -0.1) is 0 Å². The summed E-state index contributed by atoms with van der Waals surface area (Å²) in [5.41, 5.74) is 0. The molecule has 17 heavy (non-hydrogen) atoms. The van der Waals surface area contributed by atoms with Crippen LogP contribution < -0.4 is 4.72 Å². The molecule has 1 amide bonds. The number of aromatic amines is 1. The molecule has 0 aliphatic heterocycles. The Balaban J connectivity index is 2.60. The summed E-state index contributed by atoms with van der Waals surface area (Å²) in [4.78, 5) is 19.2. The highest BCUT2D eigenvalue weighted by atomic mass is 32.2. The van der Waals surface area contributed by atoms with Crippen molar-refractivity contribution < 1.29 is 13.2 Å². The van der Waals surface area contributed by atoms with Gasteiger partial charge in [0.2, 0.25) is 5.91 Å². The largest absolute Gasteiger partial charge is 0.342 e. The number of hydrogen-bond donors (Lipinski definition) is 2. The molecule has 1 heterocycles. The summed E-state index contributed by atoms with van der Waals surface area (Å²) < 4.78 is 25.5. The number of amides is 1. The fourth-order valence-electron chi connectivity index (χ4n) is 1.31. The van der Waals surface area contributed by atoms with E-state index in [1.165, 1.54) is 12.5 Å². The van der Waals surface area contributed by atoms with Crippen LogP contribution in [-0.2, 0) is 14.8 Å². The van der Waals surface area contributed by atoms with Crippen molar-refractivity contribution in [3.63, 3.8) is 0 Å². The summed E-state index contributed by atoms with van der Waals surface area (Å²) >= 11 is 0. The number of rotatable bonds is 6. The molecule has 0 aromatic carbocycles. The van der Waals surface area contributed by atoms with Gasteiger partial charge in [0.15, 0.2) is 5.03 Å². The Morgan fingerprint density at radius 2 is 2.12 bits per heavy atom. The number of hydrogen-bond acceptors (Lipinski definition) is 4. The van der Waals surface area contributed by atoms with Gasteiger partial charge in [0.1, 0.15) is 0 Å². The van der Waals surface area contributed by atoms with Gasteiger partial charge >= 0.3 is 0 Å². The summed E-state index contributed by atoms with van der Waals surface area (Å²) in [6.45, 7) is 4.54. The van der Waals surface area contributed by atoms with Crippen molar-refractivity contribution in [2.24, 2.45) is 0 Å². The Kier molecular flexibility index (Phi) is 4.64. The van der Waals surface area contributed by atoms with Gasteiger partial charge in [-0.05, 0) is 13.8 Å². The highest BCUT2D eigenvalue weighted by molar-refractivity contribution is 7.89. The normalized spacial score (nSPS) is 11.4. The van der Waals surface area contributed by atoms with Crippen molar-refractivity contribution in [3.05, 3.63) is 12.5 Å². The van der Waals surface area contributed by atoms with Crippen LogP contribution in [0.25, 0.3) is 0 Å². The van der Waals surface area contributed by atoms with Gasteiger partial charge in [-0.2, -0.15) is 0 Å². The molecule has 0 aliphatic carbocycles. The lowest BCUT2D eigenvalue weighted by atomic mass is 10.4. The predicted molar refractivity (Wildman–Crippen MR) is 61.7 cm³/mol. The number of H-pyrrole nitrogens is 1. The van der Waals surface area contributed by atoms with Crippen LogP contribution in [0, 0.1) is 0 Å². The zero-order valence-corrected chi connectivity index (χ0v) is 10.6. The second-order valence-corrected chi connectivity index (χ2v) is 5.04. The molecule has 0 bridgehead atoms. The molecule has 0 atom stereocenters. The highest BCUT2D eigenvalue weighted by Crippen LogP contribution is 2.01. The molecular weight excluding hydrogens is 244 g/mol.